The molecule has 2 aliphatic carbocycles. The summed E-state index contributed by atoms with van der Waals surface area (Å²) < 4.78 is 5.68. The first-order chi connectivity index (χ1) is 8.21. The predicted octanol–water partition coefficient (Wildman–Crippen LogP) is 2.59. The zero-order valence-corrected chi connectivity index (χ0v) is 9.69. The summed E-state index contributed by atoms with van der Waals surface area (Å²) in [6.07, 6.45) is 4.01. The average molecular weight is 232 g/mol. The van der Waals surface area contributed by atoms with E-state index in [9.17, 15) is 9.90 Å². The van der Waals surface area contributed by atoms with Crippen molar-refractivity contribution in [2.75, 3.05) is 6.61 Å². The van der Waals surface area contributed by atoms with Gasteiger partial charge in [0.25, 0.3) is 0 Å². The molecular formula is C14H16O3. The van der Waals surface area contributed by atoms with Crippen LogP contribution < -0.4 is 4.74 Å². The van der Waals surface area contributed by atoms with E-state index in [4.69, 9.17) is 4.74 Å². The summed E-state index contributed by atoms with van der Waals surface area (Å²) in [6.45, 7) is 0.767. The highest BCUT2D eigenvalue weighted by atomic mass is 16.5. The van der Waals surface area contributed by atoms with Crippen LogP contribution in [0.25, 0.3) is 0 Å². The van der Waals surface area contributed by atoms with Crippen molar-refractivity contribution >= 4 is 5.97 Å². The maximum Gasteiger partial charge on any atom is 0.314 e. The van der Waals surface area contributed by atoms with Gasteiger partial charge in [0.15, 0.2) is 0 Å². The summed E-state index contributed by atoms with van der Waals surface area (Å²) in [4.78, 5) is 11.2. The second kappa shape index (κ2) is 3.76. The molecule has 17 heavy (non-hydrogen) atoms. The summed E-state index contributed by atoms with van der Waals surface area (Å²) in [6, 6.07) is 7.58. The quantitative estimate of drug-likeness (QED) is 0.848. The van der Waals surface area contributed by atoms with Gasteiger partial charge in [-0.1, -0.05) is 12.1 Å². The number of hydrogen-bond acceptors (Lipinski definition) is 2. The van der Waals surface area contributed by atoms with Gasteiger partial charge in [-0.3, -0.25) is 4.79 Å². The van der Waals surface area contributed by atoms with E-state index in [1.54, 1.807) is 0 Å². The molecule has 2 fully saturated rings. The minimum atomic E-state index is -0.711. The predicted molar refractivity (Wildman–Crippen MR) is 63.2 cm³/mol. The maximum absolute atomic E-state index is 11.2. The molecule has 0 radical (unpaired) electrons. The molecule has 2 aliphatic rings. The molecule has 3 rings (SSSR count). The molecule has 1 N–H and O–H groups in total. The third kappa shape index (κ3) is 2.02. The van der Waals surface area contributed by atoms with E-state index < -0.39 is 11.4 Å². The molecule has 1 aromatic rings. The molecule has 0 spiro atoms. The van der Waals surface area contributed by atoms with Gasteiger partial charge in [0.05, 0.1) is 12.0 Å². The molecule has 0 aromatic heterocycles. The van der Waals surface area contributed by atoms with Crippen LogP contribution in [-0.4, -0.2) is 17.7 Å². The lowest BCUT2D eigenvalue weighted by Gasteiger charge is -2.12. The van der Waals surface area contributed by atoms with Crippen molar-refractivity contribution in [2.24, 2.45) is 5.92 Å². The van der Waals surface area contributed by atoms with Crippen LogP contribution in [0.3, 0.4) is 0 Å². The van der Waals surface area contributed by atoms with Gasteiger partial charge in [-0.15, -0.1) is 0 Å². The normalized spacial score (nSPS) is 20.9. The SMILES string of the molecule is O=C(O)C1(c2cccc(OCC3CC3)c2)CC1. The molecule has 0 heterocycles. The van der Waals surface area contributed by atoms with Crippen molar-refractivity contribution in [1.29, 1.82) is 0 Å². The zero-order chi connectivity index (χ0) is 11.9. The highest BCUT2D eigenvalue weighted by Crippen LogP contribution is 2.49. The van der Waals surface area contributed by atoms with E-state index in [1.165, 1.54) is 12.8 Å². The highest BCUT2D eigenvalue weighted by molar-refractivity contribution is 5.85. The van der Waals surface area contributed by atoms with Crippen molar-refractivity contribution in [2.45, 2.75) is 31.1 Å². The van der Waals surface area contributed by atoms with Gasteiger partial charge in [-0.25, -0.2) is 0 Å². The molecule has 2 saturated carbocycles. The Kier molecular flexibility index (Phi) is 2.35. The number of benzene rings is 1. The van der Waals surface area contributed by atoms with Crippen LogP contribution in [0.4, 0.5) is 0 Å². The largest absolute Gasteiger partial charge is 0.493 e. The number of ether oxygens (including phenoxy) is 1. The number of rotatable bonds is 5. The van der Waals surface area contributed by atoms with Gasteiger partial charge >= 0.3 is 5.97 Å². The van der Waals surface area contributed by atoms with E-state index in [0.717, 1.165) is 30.8 Å². The number of carboxylic acids is 1. The lowest BCUT2D eigenvalue weighted by Crippen LogP contribution is -2.19. The second-order valence-electron chi connectivity index (χ2n) is 5.17. The molecule has 3 nitrogen and oxygen atoms in total. The van der Waals surface area contributed by atoms with Gasteiger partial charge < -0.3 is 9.84 Å². The van der Waals surface area contributed by atoms with E-state index in [0.29, 0.717) is 5.92 Å². The fourth-order valence-electron chi connectivity index (χ4n) is 2.13. The Labute approximate surface area is 100 Å². The molecule has 0 saturated heterocycles. The first-order valence-corrected chi connectivity index (χ1v) is 6.17. The van der Waals surface area contributed by atoms with Crippen molar-refractivity contribution in [3.8, 4) is 5.75 Å². The van der Waals surface area contributed by atoms with Crippen LogP contribution in [0.5, 0.6) is 5.75 Å². The van der Waals surface area contributed by atoms with E-state index >= 15 is 0 Å². The standard InChI is InChI=1S/C14H16O3/c15-13(16)14(6-7-14)11-2-1-3-12(8-11)17-9-10-4-5-10/h1-3,8,10H,4-7,9H2,(H,15,16). The molecular weight excluding hydrogens is 216 g/mol. The summed E-state index contributed by atoms with van der Waals surface area (Å²) in [5.41, 5.74) is 0.261. The molecule has 90 valence electrons. The molecule has 0 atom stereocenters. The van der Waals surface area contributed by atoms with Crippen molar-refractivity contribution < 1.29 is 14.6 Å². The molecule has 0 bridgehead atoms. The Bertz CT molecular complexity index is 445. The summed E-state index contributed by atoms with van der Waals surface area (Å²) in [5, 5.41) is 9.24. The van der Waals surface area contributed by atoms with Gasteiger partial charge in [0, 0.05) is 0 Å². The smallest absolute Gasteiger partial charge is 0.314 e. The summed E-state index contributed by atoms with van der Waals surface area (Å²) in [7, 11) is 0. The monoisotopic (exact) mass is 232 g/mol. The van der Waals surface area contributed by atoms with Gasteiger partial charge in [-0.2, -0.15) is 0 Å². The molecule has 0 aliphatic heterocycles. The summed E-state index contributed by atoms with van der Waals surface area (Å²) >= 11 is 0. The van der Waals surface area contributed by atoms with Crippen molar-refractivity contribution in [1.82, 2.24) is 0 Å². The minimum Gasteiger partial charge on any atom is -0.493 e. The number of carbonyl (C=O) groups is 1. The summed E-state index contributed by atoms with van der Waals surface area (Å²) in [5.74, 6) is 0.812. The minimum absolute atomic E-state index is 0.626. The van der Waals surface area contributed by atoms with Crippen molar-refractivity contribution in [3.63, 3.8) is 0 Å². The Morgan fingerprint density at radius 2 is 2.18 bits per heavy atom. The first-order valence-electron chi connectivity index (χ1n) is 6.17. The second-order valence-corrected chi connectivity index (χ2v) is 5.17. The van der Waals surface area contributed by atoms with E-state index in [2.05, 4.69) is 0 Å². The number of aliphatic carboxylic acids is 1. The fraction of sp³-hybridized carbons (Fsp3) is 0.500. The van der Waals surface area contributed by atoms with Crippen LogP contribution in [0.2, 0.25) is 0 Å². The van der Waals surface area contributed by atoms with Crippen LogP contribution in [0.15, 0.2) is 24.3 Å². The topological polar surface area (TPSA) is 46.5 Å². The van der Waals surface area contributed by atoms with E-state index in [1.807, 2.05) is 24.3 Å². The van der Waals surface area contributed by atoms with Crippen LogP contribution in [0.1, 0.15) is 31.2 Å². The first kappa shape index (κ1) is 10.6. The van der Waals surface area contributed by atoms with Gasteiger partial charge in [-0.05, 0) is 49.3 Å². The lowest BCUT2D eigenvalue weighted by atomic mass is 9.96. The maximum atomic E-state index is 11.2. The van der Waals surface area contributed by atoms with Crippen molar-refractivity contribution in [3.05, 3.63) is 29.8 Å². The van der Waals surface area contributed by atoms with Gasteiger partial charge in [0.1, 0.15) is 5.75 Å². The third-order valence-electron chi connectivity index (χ3n) is 3.73. The zero-order valence-electron chi connectivity index (χ0n) is 9.69. The lowest BCUT2D eigenvalue weighted by molar-refractivity contribution is -0.140. The Morgan fingerprint density at radius 1 is 1.41 bits per heavy atom. The average Bonchev–Trinajstić information content (AvgIpc) is 3.19. The Morgan fingerprint density at radius 3 is 2.76 bits per heavy atom. The molecule has 3 heteroatoms. The number of carboxylic acid groups (broad SMARTS) is 1. The Balaban J connectivity index is 1.76. The van der Waals surface area contributed by atoms with Gasteiger partial charge in [0.2, 0.25) is 0 Å². The highest BCUT2D eigenvalue weighted by Gasteiger charge is 2.51. The molecule has 0 unspecified atom stereocenters. The third-order valence-corrected chi connectivity index (χ3v) is 3.73. The van der Waals surface area contributed by atoms with Crippen LogP contribution in [0, 0.1) is 5.92 Å². The van der Waals surface area contributed by atoms with Crippen LogP contribution >= 0.6 is 0 Å². The Hall–Kier alpha value is -1.51. The van der Waals surface area contributed by atoms with Crippen LogP contribution in [-0.2, 0) is 10.2 Å². The fourth-order valence-corrected chi connectivity index (χ4v) is 2.13. The molecule has 0 amide bonds. The molecule has 1 aromatic carbocycles. The van der Waals surface area contributed by atoms with E-state index in [-0.39, 0.29) is 0 Å². The number of hydrogen-bond donors (Lipinski definition) is 1.